The van der Waals surface area contributed by atoms with Gasteiger partial charge in [0.25, 0.3) is 0 Å². The van der Waals surface area contributed by atoms with Crippen molar-refractivity contribution in [2.75, 3.05) is 18.0 Å². The van der Waals surface area contributed by atoms with Crippen molar-refractivity contribution < 1.29 is 4.79 Å². The zero-order chi connectivity index (χ0) is 15.6. The zero-order valence-corrected chi connectivity index (χ0v) is 14.0. The Morgan fingerprint density at radius 3 is 2.96 bits per heavy atom. The maximum absolute atomic E-state index is 12.5. The molecule has 0 bridgehead atoms. The average Bonchev–Trinajstić information content (AvgIpc) is 3.24. The lowest BCUT2D eigenvalue weighted by Crippen LogP contribution is -2.45. The van der Waals surface area contributed by atoms with E-state index >= 15 is 0 Å². The number of thiazole rings is 1. The highest BCUT2D eigenvalue weighted by atomic mass is 32.1. The first kappa shape index (κ1) is 14.9. The van der Waals surface area contributed by atoms with E-state index in [1.54, 1.807) is 17.5 Å². The van der Waals surface area contributed by atoms with E-state index in [0.29, 0.717) is 6.04 Å². The first-order chi connectivity index (χ1) is 11.3. The fourth-order valence-electron chi connectivity index (χ4n) is 3.65. The number of fused-ring (bicyclic) bond motifs is 1. The number of anilines is 1. The van der Waals surface area contributed by atoms with Gasteiger partial charge in [-0.2, -0.15) is 0 Å². The number of aromatic nitrogens is 2. The lowest BCUT2D eigenvalue weighted by atomic mass is 9.97. The second-order valence-electron chi connectivity index (χ2n) is 6.60. The van der Waals surface area contributed by atoms with Crippen LogP contribution in [-0.2, 0) is 4.79 Å². The van der Waals surface area contributed by atoms with Gasteiger partial charge in [0.2, 0.25) is 5.91 Å². The minimum Gasteiger partial charge on any atom is -0.353 e. The van der Waals surface area contributed by atoms with Crippen LogP contribution in [0.4, 0.5) is 5.13 Å². The molecule has 2 aromatic heterocycles. The SMILES string of the molecule is O=C(NC1CCCC1)[C@H]1CCCN(c2nc3cccnc3s2)C1. The summed E-state index contributed by atoms with van der Waals surface area (Å²) in [5.41, 5.74) is 0.949. The molecule has 2 aromatic rings. The highest BCUT2D eigenvalue weighted by Gasteiger charge is 2.29. The predicted octanol–water partition coefficient (Wildman–Crippen LogP) is 2.97. The van der Waals surface area contributed by atoms with Crippen LogP contribution in [0.2, 0.25) is 0 Å². The molecule has 0 unspecified atom stereocenters. The van der Waals surface area contributed by atoms with Gasteiger partial charge in [-0.15, -0.1) is 0 Å². The van der Waals surface area contributed by atoms with E-state index < -0.39 is 0 Å². The fraction of sp³-hybridized carbons (Fsp3) is 0.588. The number of carbonyl (C=O) groups excluding carboxylic acids is 1. The van der Waals surface area contributed by atoms with Crippen LogP contribution in [0.25, 0.3) is 10.3 Å². The minimum atomic E-state index is 0.0873. The Kier molecular flexibility index (Phi) is 4.16. The van der Waals surface area contributed by atoms with E-state index in [2.05, 4.69) is 20.2 Å². The Hall–Kier alpha value is -1.69. The van der Waals surface area contributed by atoms with Gasteiger partial charge in [0.1, 0.15) is 10.3 Å². The van der Waals surface area contributed by atoms with Crippen molar-refractivity contribution in [2.45, 2.75) is 44.6 Å². The summed E-state index contributed by atoms with van der Waals surface area (Å²) in [4.78, 5) is 24.8. The molecule has 1 N–H and O–H groups in total. The van der Waals surface area contributed by atoms with E-state index in [-0.39, 0.29) is 11.8 Å². The van der Waals surface area contributed by atoms with Crippen LogP contribution < -0.4 is 10.2 Å². The Morgan fingerprint density at radius 2 is 2.13 bits per heavy atom. The summed E-state index contributed by atoms with van der Waals surface area (Å²) in [5, 5.41) is 4.25. The molecule has 1 saturated heterocycles. The van der Waals surface area contributed by atoms with Crippen LogP contribution in [0, 0.1) is 5.92 Å². The van der Waals surface area contributed by atoms with Crippen molar-refractivity contribution in [2.24, 2.45) is 5.92 Å². The minimum absolute atomic E-state index is 0.0873. The molecule has 5 nitrogen and oxygen atoms in total. The number of pyridine rings is 1. The van der Waals surface area contributed by atoms with Gasteiger partial charge in [-0.05, 0) is 37.8 Å². The van der Waals surface area contributed by atoms with Crippen LogP contribution in [0.1, 0.15) is 38.5 Å². The predicted molar refractivity (Wildman–Crippen MR) is 92.8 cm³/mol. The van der Waals surface area contributed by atoms with Crippen LogP contribution in [0.3, 0.4) is 0 Å². The maximum Gasteiger partial charge on any atom is 0.225 e. The Balaban J connectivity index is 1.44. The van der Waals surface area contributed by atoms with E-state index in [0.717, 1.165) is 54.3 Å². The third kappa shape index (κ3) is 3.17. The van der Waals surface area contributed by atoms with E-state index in [1.807, 2.05) is 12.1 Å². The molecule has 3 heterocycles. The standard InChI is InChI=1S/C17H22N4OS/c22-15(19-13-6-1-2-7-13)12-5-4-10-21(11-12)17-20-14-8-3-9-18-16(14)23-17/h3,8-9,12-13H,1-2,4-7,10-11H2,(H,19,22)/t12-/m0/s1. The lowest BCUT2D eigenvalue weighted by Gasteiger charge is -2.32. The molecular formula is C17H22N4OS. The van der Waals surface area contributed by atoms with Gasteiger partial charge in [0, 0.05) is 25.3 Å². The second-order valence-corrected chi connectivity index (χ2v) is 7.56. The van der Waals surface area contributed by atoms with Crippen molar-refractivity contribution in [3.8, 4) is 0 Å². The van der Waals surface area contributed by atoms with E-state index in [9.17, 15) is 4.79 Å². The van der Waals surface area contributed by atoms with Gasteiger partial charge in [-0.25, -0.2) is 9.97 Å². The molecule has 0 aromatic carbocycles. The number of rotatable bonds is 3. The fourth-order valence-corrected chi connectivity index (χ4v) is 4.59. The Bertz CT molecular complexity index is 662. The summed E-state index contributed by atoms with van der Waals surface area (Å²) in [6, 6.07) is 4.32. The number of hydrogen-bond donors (Lipinski definition) is 1. The maximum atomic E-state index is 12.5. The molecule has 4 rings (SSSR count). The van der Waals surface area contributed by atoms with Crippen molar-refractivity contribution in [3.05, 3.63) is 18.3 Å². The largest absolute Gasteiger partial charge is 0.353 e. The van der Waals surface area contributed by atoms with E-state index in [1.165, 1.54) is 12.8 Å². The molecular weight excluding hydrogens is 308 g/mol. The summed E-state index contributed by atoms with van der Waals surface area (Å²) in [6.45, 7) is 1.76. The summed E-state index contributed by atoms with van der Waals surface area (Å²) < 4.78 is 0. The number of carbonyl (C=O) groups is 1. The third-order valence-corrected chi connectivity index (χ3v) is 5.96. The van der Waals surface area contributed by atoms with Crippen molar-refractivity contribution in [3.63, 3.8) is 0 Å². The highest BCUT2D eigenvalue weighted by molar-refractivity contribution is 7.21. The van der Waals surface area contributed by atoms with Crippen molar-refractivity contribution >= 4 is 32.7 Å². The quantitative estimate of drug-likeness (QED) is 0.940. The van der Waals surface area contributed by atoms with Crippen molar-refractivity contribution in [1.82, 2.24) is 15.3 Å². The smallest absolute Gasteiger partial charge is 0.225 e. The number of piperidine rings is 1. The number of nitrogens with zero attached hydrogens (tertiary/aromatic N) is 3. The van der Waals surface area contributed by atoms with Gasteiger partial charge in [0.05, 0.1) is 5.92 Å². The highest BCUT2D eigenvalue weighted by Crippen LogP contribution is 2.30. The molecule has 1 amide bonds. The Labute approximate surface area is 140 Å². The van der Waals surface area contributed by atoms with Crippen LogP contribution in [-0.4, -0.2) is 35.0 Å². The monoisotopic (exact) mass is 330 g/mol. The molecule has 2 fully saturated rings. The summed E-state index contributed by atoms with van der Waals surface area (Å²) in [5.74, 6) is 0.324. The molecule has 1 atom stereocenters. The molecule has 1 aliphatic heterocycles. The van der Waals surface area contributed by atoms with Gasteiger partial charge < -0.3 is 10.2 Å². The van der Waals surface area contributed by atoms with E-state index in [4.69, 9.17) is 0 Å². The second kappa shape index (κ2) is 6.43. The molecule has 0 radical (unpaired) electrons. The first-order valence-electron chi connectivity index (χ1n) is 8.56. The number of amides is 1. The third-order valence-electron chi connectivity index (χ3n) is 4.92. The molecule has 1 aliphatic carbocycles. The van der Waals surface area contributed by atoms with Crippen LogP contribution in [0.5, 0.6) is 0 Å². The topological polar surface area (TPSA) is 58.1 Å². The lowest BCUT2D eigenvalue weighted by molar-refractivity contribution is -0.125. The average molecular weight is 330 g/mol. The molecule has 0 spiro atoms. The summed E-state index contributed by atoms with van der Waals surface area (Å²) in [6.07, 6.45) is 8.63. The molecule has 23 heavy (non-hydrogen) atoms. The van der Waals surface area contributed by atoms with Gasteiger partial charge >= 0.3 is 0 Å². The number of nitrogens with one attached hydrogen (secondary N) is 1. The molecule has 1 saturated carbocycles. The zero-order valence-electron chi connectivity index (χ0n) is 13.2. The summed E-state index contributed by atoms with van der Waals surface area (Å²) >= 11 is 1.62. The van der Waals surface area contributed by atoms with Gasteiger partial charge in [-0.1, -0.05) is 24.2 Å². The molecule has 122 valence electrons. The molecule has 6 heteroatoms. The summed E-state index contributed by atoms with van der Waals surface area (Å²) in [7, 11) is 0. The number of hydrogen-bond acceptors (Lipinski definition) is 5. The van der Waals surface area contributed by atoms with Crippen molar-refractivity contribution in [1.29, 1.82) is 0 Å². The van der Waals surface area contributed by atoms with Crippen LogP contribution >= 0.6 is 11.3 Å². The van der Waals surface area contributed by atoms with Gasteiger partial charge in [0.15, 0.2) is 5.13 Å². The Morgan fingerprint density at radius 1 is 1.26 bits per heavy atom. The van der Waals surface area contributed by atoms with Crippen LogP contribution in [0.15, 0.2) is 18.3 Å². The molecule has 2 aliphatic rings. The normalized spacial score (nSPS) is 22.6. The van der Waals surface area contributed by atoms with Gasteiger partial charge in [-0.3, -0.25) is 4.79 Å². The first-order valence-corrected chi connectivity index (χ1v) is 9.38.